The first-order valence-electron chi connectivity index (χ1n) is 2.25. The Kier molecular flexibility index (Phi) is 3.58. The summed E-state index contributed by atoms with van der Waals surface area (Å²) in [6, 6.07) is 0. The molecule has 0 aliphatic carbocycles. The van der Waals surface area contributed by atoms with Crippen molar-refractivity contribution in [3.8, 4) is 0 Å². The topological polar surface area (TPSA) is 37.3 Å². The number of carbonyl (C=O) groups is 1. The first-order chi connectivity index (χ1) is 3.77. The van der Waals surface area contributed by atoms with Crippen LogP contribution in [0.3, 0.4) is 0 Å². The van der Waals surface area contributed by atoms with Gasteiger partial charge < -0.3 is 5.11 Å². The quantitative estimate of drug-likeness (QED) is 0.331. The summed E-state index contributed by atoms with van der Waals surface area (Å²) in [5.41, 5.74) is 0. The van der Waals surface area contributed by atoms with Gasteiger partial charge in [-0.05, 0) is 19.1 Å². The van der Waals surface area contributed by atoms with E-state index in [-0.39, 0.29) is 5.78 Å². The van der Waals surface area contributed by atoms with Crippen molar-refractivity contribution in [1.82, 2.24) is 0 Å². The standard InChI is InChI=1S/C6H8O2/c1-6(8)4-2-3-5-7/h2-5,7H,1H3/b4-2-,5-3+. The van der Waals surface area contributed by atoms with E-state index >= 15 is 0 Å². The second-order valence-electron chi connectivity index (χ2n) is 1.31. The number of aliphatic hydroxyl groups excluding tert-OH is 1. The molecule has 0 amide bonds. The third-order valence-electron chi connectivity index (χ3n) is 0.528. The molecule has 0 aromatic carbocycles. The average Bonchev–Trinajstić information content (AvgIpc) is 1.66. The molecule has 1 N–H and O–H groups in total. The van der Waals surface area contributed by atoms with Crippen LogP contribution in [0.4, 0.5) is 0 Å². The molecule has 0 saturated carbocycles. The Morgan fingerprint density at radius 1 is 1.50 bits per heavy atom. The molecule has 0 fully saturated rings. The molecule has 44 valence electrons. The van der Waals surface area contributed by atoms with Gasteiger partial charge in [-0.15, -0.1) is 0 Å². The van der Waals surface area contributed by atoms with Crippen molar-refractivity contribution in [3.05, 3.63) is 24.5 Å². The molecule has 8 heavy (non-hydrogen) atoms. The van der Waals surface area contributed by atoms with Crippen molar-refractivity contribution in [2.45, 2.75) is 6.92 Å². The fraction of sp³-hybridized carbons (Fsp3) is 0.167. The zero-order valence-electron chi connectivity index (χ0n) is 4.66. The molecular weight excluding hydrogens is 104 g/mol. The van der Waals surface area contributed by atoms with Gasteiger partial charge in [-0.1, -0.05) is 6.08 Å². The molecule has 0 rings (SSSR count). The van der Waals surface area contributed by atoms with E-state index < -0.39 is 0 Å². The number of carbonyl (C=O) groups excluding carboxylic acids is 1. The normalized spacial score (nSPS) is 11.1. The largest absolute Gasteiger partial charge is 0.516 e. The van der Waals surface area contributed by atoms with Crippen molar-refractivity contribution in [3.63, 3.8) is 0 Å². The molecule has 0 aliphatic rings. The second kappa shape index (κ2) is 4.12. The van der Waals surface area contributed by atoms with Crippen LogP contribution in [0.25, 0.3) is 0 Å². The van der Waals surface area contributed by atoms with Gasteiger partial charge in [0.25, 0.3) is 0 Å². The number of hydrogen-bond acceptors (Lipinski definition) is 2. The fourth-order valence-corrected chi connectivity index (χ4v) is 0.241. The first-order valence-corrected chi connectivity index (χ1v) is 2.25. The lowest BCUT2D eigenvalue weighted by Gasteiger charge is -1.71. The Bertz CT molecular complexity index is 122. The molecule has 0 aromatic rings. The molecule has 0 spiro atoms. The van der Waals surface area contributed by atoms with E-state index in [1.165, 1.54) is 25.2 Å². The van der Waals surface area contributed by atoms with E-state index in [0.717, 1.165) is 6.26 Å². The SMILES string of the molecule is CC(=O)/C=C\C=C\O. The minimum Gasteiger partial charge on any atom is -0.516 e. The van der Waals surface area contributed by atoms with Gasteiger partial charge in [0.15, 0.2) is 5.78 Å². The van der Waals surface area contributed by atoms with Crippen molar-refractivity contribution < 1.29 is 9.90 Å². The van der Waals surface area contributed by atoms with E-state index in [9.17, 15) is 4.79 Å². The summed E-state index contributed by atoms with van der Waals surface area (Å²) in [5, 5.41) is 8.04. The lowest BCUT2D eigenvalue weighted by molar-refractivity contribution is -0.112. The molecule has 0 atom stereocenters. The zero-order valence-corrected chi connectivity index (χ0v) is 4.66. The summed E-state index contributed by atoms with van der Waals surface area (Å²) >= 11 is 0. The van der Waals surface area contributed by atoms with Crippen molar-refractivity contribution >= 4 is 5.78 Å². The van der Waals surface area contributed by atoms with Crippen molar-refractivity contribution in [1.29, 1.82) is 0 Å². The molecule has 0 aromatic heterocycles. The van der Waals surface area contributed by atoms with Crippen LogP contribution in [-0.2, 0) is 4.79 Å². The maximum absolute atomic E-state index is 10.1. The number of ketones is 1. The van der Waals surface area contributed by atoms with Crippen LogP contribution in [0.5, 0.6) is 0 Å². The minimum atomic E-state index is -0.0249. The van der Waals surface area contributed by atoms with E-state index in [0.29, 0.717) is 0 Å². The minimum absolute atomic E-state index is 0.0249. The van der Waals surface area contributed by atoms with Crippen LogP contribution in [0, 0.1) is 0 Å². The van der Waals surface area contributed by atoms with Crippen molar-refractivity contribution in [2.24, 2.45) is 0 Å². The molecule has 0 aliphatic heterocycles. The van der Waals surface area contributed by atoms with E-state index in [1.807, 2.05) is 0 Å². The molecular formula is C6H8O2. The molecule has 2 heteroatoms. The molecule has 0 unspecified atom stereocenters. The number of rotatable bonds is 2. The Morgan fingerprint density at radius 3 is 2.50 bits per heavy atom. The zero-order chi connectivity index (χ0) is 6.41. The summed E-state index contributed by atoms with van der Waals surface area (Å²) in [7, 11) is 0. The molecule has 0 radical (unpaired) electrons. The highest BCUT2D eigenvalue weighted by Gasteiger charge is 1.75. The maximum Gasteiger partial charge on any atom is 0.152 e. The van der Waals surface area contributed by atoms with Crippen LogP contribution < -0.4 is 0 Å². The van der Waals surface area contributed by atoms with E-state index in [1.54, 1.807) is 0 Å². The van der Waals surface area contributed by atoms with Gasteiger partial charge in [-0.25, -0.2) is 0 Å². The second-order valence-corrected chi connectivity index (χ2v) is 1.31. The summed E-state index contributed by atoms with van der Waals surface area (Å²) in [6.45, 7) is 1.45. The average molecular weight is 112 g/mol. The highest BCUT2D eigenvalue weighted by Crippen LogP contribution is 1.75. The van der Waals surface area contributed by atoms with Gasteiger partial charge in [0.1, 0.15) is 0 Å². The Labute approximate surface area is 48.1 Å². The molecule has 0 saturated heterocycles. The number of hydrogen-bond donors (Lipinski definition) is 1. The van der Waals surface area contributed by atoms with Gasteiger partial charge in [0.2, 0.25) is 0 Å². The molecule has 2 nitrogen and oxygen atoms in total. The fourth-order valence-electron chi connectivity index (χ4n) is 0.241. The van der Waals surface area contributed by atoms with Gasteiger partial charge >= 0.3 is 0 Å². The third kappa shape index (κ3) is 4.95. The summed E-state index contributed by atoms with van der Waals surface area (Å²) in [5.74, 6) is -0.0249. The lowest BCUT2D eigenvalue weighted by atomic mass is 10.4. The third-order valence-corrected chi connectivity index (χ3v) is 0.528. The summed E-state index contributed by atoms with van der Waals surface area (Å²) in [4.78, 5) is 10.1. The molecule has 0 bridgehead atoms. The number of allylic oxidation sites excluding steroid dienone is 3. The Hall–Kier alpha value is -1.05. The Balaban J connectivity index is 3.50. The summed E-state index contributed by atoms with van der Waals surface area (Å²) < 4.78 is 0. The van der Waals surface area contributed by atoms with Crippen LogP contribution >= 0.6 is 0 Å². The van der Waals surface area contributed by atoms with Crippen LogP contribution in [-0.4, -0.2) is 10.9 Å². The monoisotopic (exact) mass is 112 g/mol. The smallest absolute Gasteiger partial charge is 0.152 e. The van der Waals surface area contributed by atoms with Gasteiger partial charge in [-0.2, -0.15) is 0 Å². The van der Waals surface area contributed by atoms with Gasteiger partial charge in [-0.3, -0.25) is 4.79 Å². The maximum atomic E-state index is 10.1. The van der Waals surface area contributed by atoms with Crippen LogP contribution in [0.1, 0.15) is 6.92 Å². The Morgan fingerprint density at radius 2 is 2.12 bits per heavy atom. The highest BCUT2D eigenvalue weighted by molar-refractivity contribution is 5.87. The van der Waals surface area contributed by atoms with Crippen LogP contribution in [0.15, 0.2) is 24.5 Å². The predicted molar refractivity (Wildman–Crippen MR) is 31.6 cm³/mol. The van der Waals surface area contributed by atoms with Gasteiger partial charge in [0.05, 0.1) is 6.26 Å². The lowest BCUT2D eigenvalue weighted by Crippen LogP contribution is -1.77. The van der Waals surface area contributed by atoms with Gasteiger partial charge in [0, 0.05) is 0 Å². The summed E-state index contributed by atoms with van der Waals surface area (Å²) in [6.07, 6.45) is 5.09. The number of aliphatic hydroxyl groups is 1. The molecule has 0 heterocycles. The predicted octanol–water partition coefficient (Wildman–Crippen LogP) is 1.20. The van der Waals surface area contributed by atoms with E-state index in [2.05, 4.69) is 0 Å². The van der Waals surface area contributed by atoms with Crippen LogP contribution in [0.2, 0.25) is 0 Å². The highest BCUT2D eigenvalue weighted by atomic mass is 16.2. The van der Waals surface area contributed by atoms with E-state index in [4.69, 9.17) is 5.11 Å². The first kappa shape index (κ1) is 6.95. The van der Waals surface area contributed by atoms with Crippen molar-refractivity contribution in [2.75, 3.05) is 0 Å².